The Labute approximate surface area is 160 Å². The van der Waals surface area contributed by atoms with Gasteiger partial charge in [-0.3, -0.25) is 14.1 Å². The summed E-state index contributed by atoms with van der Waals surface area (Å²) in [4.78, 5) is 16.1. The number of nitrogens with zero attached hydrogens (tertiary/aromatic N) is 2. The molecule has 0 aliphatic carbocycles. The van der Waals surface area contributed by atoms with Crippen LogP contribution in [-0.2, 0) is 14.8 Å². The normalized spacial score (nSPS) is 11.1. The maximum Gasteiger partial charge on any atom is 0.266 e. The number of sulfonamides is 1. The van der Waals surface area contributed by atoms with E-state index in [2.05, 4.69) is 10.3 Å². The molecule has 0 saturated heterocycles. The summed E-state index contributed by atoms with van der Waals surface area (Å²) in [5, 5.41) is 2.34. The largest absolute Gasteiger partial charge is 0.322 e. The fraction of sp³-hybridized carbons (Fsp3) is 0.0526. The Balaban J connectivity index is 1.94. The molecule has 0 aliphatic rings. The molecular weight excluding hydrogens is 388 g/mol. The first kappa shape index (κ1) is 19.4. The summed E-state index contributed by atoms with van der Waals surface area (Å²) in [7, 11) is -4.17. The fourth-order valence-electron chi connectivity index (χ4n) is 2.43. The van der Waals surface area contributed by atoms with E-state index in [0.29, 0.717) is 0 Å². The molecule has 0 fully saturated rings. The quantitative estimate of drug-likeness (QED) is 0.686. The predicted octanol–water partition coefficient (Wildman–Crippen LogP) is 3.19. The highest BCUT2D eigenvalue weighted by Crippen LogP contribution is 2.24. The Hall–Kier alpha value is -3.33. The van der Waals surface area contributed by atoms with Gasteiger partial charge >= 0.3 is 0 Å². The van der Waals surface area contributed by atoms with E-state index in [0.717, 1.165) is 22.6 Å². The smallest absolute Gasteiger partial charge is 0.266 e. The minimum atomic E-state index is -4.17. The van der Waals surface area contributed by atoms with E-state index in [1.165, 1.54) is 54.7 Å². The van der Waals surface area contributed by atoms with Crippen molar-refractivity contribution in [2.75, 3.05) is 16.2 Å². The van der Waals surface area contributed by atoms with Gasteiger partial charge in [0.25, 0.3) is 10.0 Å². The lowest BCUT2D eigenvalue weighted by Gasteiger charge is -2.24. The molecule has 28 heavy (non-hydrogen) atoms. The molecule has 3 aromatic rings. The van der Waals surface area contributed by atoms with Crippen molar-refractivity contribution in [1.29, 1.82) is 0 Å². The second kappa shape index (κ2) is 8.13. The molecule has 0 bridgehead atoms. The number of para-hydroxylation sites is 1. The van der Waals surface area contributed by atoms with Crippen molar-refractivity contribution in [3.05, 3.63) is 84.7 Å². The second-order valence-corrected chi connectivity index (χ2v) is 7.57. The number of carbonyl (C=O) groups excluding carboxylic acids is 1. The zero-order chi connectivity index (χ0) is 20.1. The SMILES string of the molecule is O=C(CN(c1ccc(F)cc1)S(=O)(=O)c1cccnc1)Nc1ccccc1F. The molecule has 3 rings (SSSR count). The van der Waals surface area contributed by atoms with Crippen LogP contribution in [0.2, 0.25) is 0 Å². The van der Waals surface area contributed by atoms with E-state index in [1.807, 2.05) is 0 Å². The third-order valence-electron chi connectivity index (χ3n) is 3.77. The van der Waals surface area contributed by atoms with Crippen LogP contribution >= 0.6 is 0 Å². The standard InChI is InChI=1S/C19H15F2N3O3S/c20-14-7-9-15(10-8-14)24(28(26,27)16-4-3-11-22-12-16)13-19(25)23-18-6-2-1-5-17(18)21/h1-12H,13H2,(H,23,25). The maximum atomic E-state index is 13.8. The zero-order valence-electron chi connectivity index (χ0n) is 14.4. The molecule has 0 saturated carbocycles. The first-order valence-corrected chi connectivity index (χ1v) is 9.54. The number of benzene rings is 2. The molecule has 0 radical (unpaired) electrons. The molecule has 144 valence electrons. The lowest BCUT2D eigenvalue weighted by molar-refractivity contribution is -0.114. The number of carbonyl (C=O) groups is 1. The molecule has 0 atom stereocenters. The highest BCUT2D eigenvalue weighted by molar-refractivity contribution is 7.92. The fourth-order valence-corrected chi connectivity index (χ4v) is 3.82. The highest BCUT2D eigenvalue weighted by Gasteiger charge is 2.27. The third-order valence-corrected chi connectivity index (χ3v) is 5.53. The molecule has 0 spiro atoms. The van der Waals surface area contributed by atoms with Gasteiger partial charge in [0.1, 0.15) is 23.1 Å². The number of hydrogen-bond donors (Lipinski definition) is 1. The number of hydrogen-bond acceptors (Lipinski definition) is 4. The number of anilines is 2. The number of rotatable bonds is 6. The lowest BCUT2D eigenvalue weighted by Crippen LogP contribution is -2.38. The van der Waals surface area contributed by atoms with Gasteiger partial charge in [-0.2, -0.15) is 0 Å². The summed E-state index contributed by atoms with van der Waals surface area (Å²) in [5.74, 6) is -1.97. The molecule has 0 unspecified atom stereocenters. The minimum absolute atomic E-state index is 0.0777. The van der Waals surface area contributed by atoms with Crippen molar-refractivity contribution in [1.82, 2.24) is 4.98 Å². The van der Waals surface area contributed by atoms with E-state index in [4.69, 9.17) is 0 Å². The number of halogens is 2. The van der Waals surface area contributed by atoms with Gasteiger partial charge in [-0.1, -0.05) is 12.1 Å². The van der Waals surface area contributed by atoms with Crippen molar-refractivity contribution in [3.8, 4) is 0 Å². The lowest BCUT2D eigenvalue weighted by atomic mass is 10.3. The van der Waals surface area contributed by atoms with Gasteiger partial charge in [-0.25, -0.2) is 17.2 Å². The van der Waals surface area contributed by atoms with Crippen LogP contribution in [0.1, 0.15) is 0 Å². The van der Waals surface area contributed by atoms with Crippen molar-refractivity contribution < 1.29 is 22.0 Å². The van der Waals surface area contributed by atoms with Gasteiger partial charge in [0.2, 0.25) is 5.91 Å². The van der Waals surface area contributed by atoms with Gasteiger partial charge in [0.15, 0.2) is 0 Å². The predicted molar refractivity (Wildman–Crippen MR) is 100 cm³/mol. The molecule has 1 heterocycles. The van der Waals surface area contributed by atoms with Crippen LogP contribution in [-0.4, -0.2) is 25.9 Å². The first-order chi connectivity index (χ1) is 13.4. The zero-order valence-corrected chi connectivity index (χ0v) is 15.2. The Morgan fingerprint density at radius 2 is 1.71 bits per heavy atom. The van der Waals surface area contributed by atoms with Crippen LogP contribution in [0.15, 0.2) is 78.0 Å². The Morgan fingerprint density at radius 3 is 2.36 bits per heavy atom. The summed E-state index contributed by atoms with van der Waals surface area (Å²) in [6, 6.07) is 12.9. The van der Waals surface area contributed by atoms with Crippen LogP contribution in [0.5, 0.6) is 0 Å². The van der Waals surface area contributed by atoms with E-state index in [1.54, 1.807) is 0 Å². The summed E-state index contributed by atoms with van der Waals surface area (Å²) < 4.78 is 53.8. The van der Waals surface area contributed by atoms with Crippen molar-refractivity contribution >= 4 is 27.3 Å². The van der Waals surface area contributed by atoms with E-state index >= 15 is 0 Å². The number of amides is 1. The summed E-state index contributed by atoms with van der Waals surface area (Å²) >= 11 is 0. The first-order valence-electron chi connectivity index (χ1n) is 8.10. The van der Waals surface area contributed by atoms with Gasteiger partial charge in [-0.15, -0.1) is 0 Å². The monoisotopic (exact) mass is 403 g/mol. The summed E-state index contributed by atoms with van der Waals surface area (Å²) in [6.45, 7) is -0.642. The average molecular weight is 403 g/mol. The highest BCUT2D eigenvalue weighted by atomic mass is 32.2. The van der Waals surface area contributed by atoms with Crippen LogP contribution in [0, 0.1) is 11.6 Å². The van der Waals surface area contributed by atoms with E-state index in [9.17, 15) is 22.0 Å². The molecule has 2 aromatic carbocycles. The maximum absolute atomic E-state index is 13.8. The van der Waals surface area contributed by atoms with Crippen LogP contribution < -0.4 is 9.62 Å². The topological polar surface area (TPSA) is 79.4 Å². The van der Waals surface area contributed by atoms with Crippen molar-refractivity contribution in [2.45, 2.75) is 4.90 Å². The van der Waals surface area contributed by atoms with Gasteiger partial charge in [0, 0.05) is 12.4 Å². The van der Waals surface area contributed by atoms with Crippen LogP contribution in [0.3, 0.4) is 0 Å². The Bertz CT molecular complexity index is 1080. The summed E-state index contributed by atoms with van der Waals surface area (Å²) in [5.41, 5.74) is -0.000677. The number of pyridine rings is 1. The molecule has 0 aliphatic heterocycles. The molecule has 1 amide bonds. The van der Waals surface area contributed by atoms with Gasteiger partial charge < -0.3 is 5.32 Å². The van der Waals surface area contributed by atoms with Gasteiger partial charge in [-0.05, 0) is 48.5 Å². The van der Waals surface area contributed by atoms with Crippen LogP contribution in [0.4, 0.5) is 20.2 Å². The van der Waals surface area contributed by atoms with Crippen molar-refractivity contribution in [2.24, 2.45) is 0 Å². The van der Waals surface area contributed by atoms with Crippen molar-refractivity contribution in [3.63, 3.8) is 0 Å². The Morgan fingerprint density at radius 1 is 1.00 bits per heavy atom. The van der Waals surface area contributed by atoms with Gasteiger partial charge in [0.05, 0.1) is 11.4 Å². The summed E-state index contributed by atoms with van der Waals surface area (Å²) in [6.07, 6.45) is 2.55. The van der Waals surface area contributed by atoms with Crippen LogP contribution in [0.25, 0.3) is 0 Å². The second-order valence-electron chi connectivity index (χ2n) is 5.70. The molecule has 9 heteroatoms. The number of nitrogens with one attached hydrogen (secondary N) is 1. The third kappa shape index (κ3) is 4.32. The Kier molecular flexibility index (Phi) is 5.65. The number of aromatic nitrogens is 1. The molecule has 1 N–H and O–H groups in total. The molecular formula is C19H15F2N3O3S. The average Bonchev–Trinajstić information content (AvgIpc) is 2.69. The van der Waals surface area contributed by atoms with E-state index in [-0.39, 0.29) is 16.3 Å². The molecule has 1 aromatic heterocycles. The minimum Gasteiger partial charge on any atom is -0.322 e. The molecule has 6 nitrogen and oxygen atoms in total. The van der Waals surface area contributed by atoms with E-state index < -0.39 is 34.1 Å².